The van der Waals surface area contributed by atoms with Crippen molar-refractivity contribution in [3.63, 3.8) is 0 Å². The number of amides is 1. The molecule has 1 saturated heterocycles. The molecule has 12 heteroatoms. The second-order valence-corrected chi connectivity index (χ2v) is 9.64. The number of anilines is 1. The van der Waals surface area contributed by atoms with Crippen LogP contribution in [0.5, 0.6) is 0 Å². The van der Waals surface area contributed by atoms with E-state index in [1.807, 2.05) is 0 Å². The Hall–Kier alpha value is -2.47. The number of rotatable bonds is 4. The van der Waals surface area contributed by atoms with Crippen molar-refractivity contribution in [1.82, 2.24) is 19.5 Å². The fourth-order valence-electron chi connectivity index (χ4n) is 3.33. The summed E-state index contributed by atoms with van der Waals surface area (Å²) in [5.74, 6) is 1.70. The molecule has 1 unspecified atom stereocenters. The molecule has 0 saturated carbocycles. The molecule has 4 heterocycles. The van der Waals surface area contributed by atoms with E-state index in [1.54, 1.807) is 41.3 Å². The summed E-state index contributed by atoms with van der Waals surface area (Å²) in [6.45, 7) is 2.28. The van der Waals surface area contributed by atoms with Gasteiger partial charge in [-0.25, -0.2) is 15.0 Å². The average molecular weight is 470 g/mol. The second-order valence-electron chi connectivity index (χ2n) is 6.82. The van der Waals surface area contributed by atoms with Crippen LogP contribution in [0.15, 0.2) is 29.4 Å². The van der Waals surface area contributed by atoms with Crippen LogP contribution in [0, 0.1) is 0 Å². The van der Waals surface area contributed by atoms with Gasteiger partial charge in [-0.15, -0.1) is 0 Å². The van der Waals surface area contributed by atoms with Crippen LogP contribution in [0.2, 0.25) is 0 Å². The van der Waals surface area contributed by atoms with Crippen molar-refractivity contribution in [2.24, 2.45) is 7.05 Å². The molecule has 0 aliphatic carbocycles. The number of carbonyl (C=O) groups is 1. The molecule has 4 rings (SSSR count). The number of aromatic nitrogens is 4. The molecule has 0 spiro atoms. The molecule has 31 heavy (non-hydrogen) atoms. The second kappa shape index (κ2) is 8.23. The summed E-state index contributed by atoms with van der Waals surface area (Å²) >= 11 is 1.55. The average Bonchev–Trinajstić information content (AvgIpc) is 3.08. The van der Waals surface area contributed by atoms with E-state index in [1.165, 1.54) is 6.20 Å². The monoisotopic (exact) mass is 469 g/mol. The van der Waals surface area contributed by atoms with E-state index < -0.39 is 22.7 Å². The van der Waals surface area contributed by atoms with E-state index in [0.717, 1.165) is 18.0 Å². The van der Waals surface area contributed by atoms with Gasteiger partial charge in [0.25, 0.3) is 0 Å². The van der Waals surface area contributed by atoms with Crippen LogP contribution >= 0.6 is 11.8 Å². The third kappa shape index (κ3) is 4.05. The van der Waals surface area contributed by atoms with Gasteiger partial charge in [-0.05, 0) is 12.1 Å². The number of aryl methyl sites for hydroxylation is 1. The summed E-state index contributed by atoms with van der Waals surface area (Å²) in [6.07, 6.45) is -1.96. The fourth-order valence-corrected chi connectivity index (χ4v) is 5.03. The van der Waals surface area contributed by atoms with Gasteiger partial charge in [-0.1, -0.05) is 6.92 Å². The zero-order chi connectivity index (χ0) is 22.3. The third-order valence-corrected chi connectivity index (χ3v) is 7.16. The SMILES string of the molecule is CCS(=O)c1cc(N2CCSCC2=O)cnc1-c1nc2cc(C(F)(F)F)ncc2n1C. The van der Waals surface area contributed by atoms with Gasteiger partial charge in [0.1, 0.15) is 11.4 Å². The molecular formula is C19H18F3N5O2S2. The highest BCUT2D eigenvalue weighted by Crippen LogP contribution is 2.33. The quantitative estimate of drug-likeness (QED) is 0.584. The molecule has 1 aliphatic heterocycles. The third-order valence-electron chi connectivity index (χ3n) is 4.91. The first kappa shape index (κ1) is 21.8. The molecule has 1 amide bonds. The van der Waals surface area contributed by atoms with Gasteiger partial charge >= 0.3 is 6.18 Å². The van der Waals surface area contributed by atoms with E-state index in [-0.39, 0.29) is 17.2 Å². The van der Waals surface area contributed by atoms with Crippen LogP contribution in [0.3, 0.4) is 0 Å². The molecule has 1 aliphatic rings. The standard InChI is InChI=1S/C19H18F3N5O2S2/c1-3-31(29)14-6-11(27-4-5-30-10-16(27)28)8-24-17(14)18-25-12-7-15(19(20,21)22)23-9-13(12)26(18)2/h6-9H,3-5,10H2,1-2H3. The lowest BCUT2D eigenvalue weighted by atomic mass is 10.3. The molecule has 0 aromatic carbocycles. The first-order chi connectivity index (χ1) is 14.7. The number of hydrogen-bond donors (Lipinski definition) is 0. The lowest BCUT2D eigenvalue weighted by Gasteiger charge is -2.26. The zero-order valence-electron chi connectivity index (χ0n) is 16.6. The number of imidazole rings is 1. The Morgan fingerprint density at radius 2 is 2.00 bits per heavy atom. The number of carbonyl (C=O) groups excluding carboxylic acids is 1. The molecule has 7 nitrogen and oxygen atoms in total. The van der Waals surface area contributed by atoms with E-state index >= 15 is 0 Å². The summed E-state index contributed by atoms with van der Waals surface area (Å²) < 4.78 is 53.5. The number of alkyl halides is 3. The van der Waals surface area contributed by atoms with Crippen molar-refractivity contribution in [3.8, 4) is 11.5 Å². The highest BCUT2D eigenvalue weighted by molar-refractivity contribution is 8.00. The maximum absolute atomic E-state index is 13.0. The van der Waals surface area contributed by atoms with Gasteiger partial charge in [0.05, 0.1) is 50.6 Å². The van der Waals surface area contributed by atoms with Crippen molar-refractivity contribution in [1.29, 1.82) is 0 Å². The number of pyridine rings is 2. The largest absolute Gasteiger partial charge is 0.433 e. The minimum atomic E-state index is -4.58. The topological polar surface area (TPSA) is 81.0 Å². The van der Waals surface area contributed by atoms with Gasteiger partial charge in [0.2, 0.25) is 5.91 Å². The van der Waals surface area contributed by atoms with Crippen molar-refractivity contribution in [2.75, 3.05) is 28.7 Å². The highest BCUT2D eigenvalue weighted by Gasteiger charge is 2.33. The van der Waals surface area contributed by atoms with E-state index in [0.29, 0.717) is 39.8 Å². The molecule has 3 aromatic rings. The Labute approximate surface area is 182 Å². The normalized spacial score (nSPS) is 16.2. The van der Waals surface area contributed by atoms with Crippen LogP contribution in [-0.2, 0) is 28.8 Å². The van der Waals surface area contributed by atoms with Gasteiger partial charge in [0, 0.05) is 25.1 Å². The number of halogens is 3. The van der Waals surface area contributed by atoms with Crippen molar-refractivity contribution in [3.05, 3.63) is 30.2 Å². The van der Waals surface area contributed by atoms with E-state index in [4.69, 9.17) is 0 Å². The summed E-state index contributed by atoms with van der Waals surface area (Å²) in [5, 5.41) is 0. The van der Waals surface area contributed by atoms with Crippen molar-refractivity contribution < 1.29 is 22.2 Å². The Bertz CT molecular complexity index is 1200. The van der Waals surface area contributed by atoms with Gasteiger partial charge < -0.3 is 9.47 Å². The fraction of sp³-hybridized carbons (Fsp3) is 0.368. The molecule has 1 fully saturated rings. The number of fused-ring (bicyclic) bond motifs is 1. The molecule has 0 radical (unpaired) electrons. The summed E-state index contributed by atoms with van der Waals surface area (Å²) in [4.78, 5) is 26.5. The molecule has 1 atom stereocenters. The Kier molecular flexibility index (Phi) is 5.77. The highest BCUT2D eigenvalue weighted by atomic mass is 32.2. The lowest BCUT2D eigenvalue weighted by Crippen LogP contribution is -2.38. The first-order valence-electron chi connectivity index (χ1n) is 9.37. The maximum atomic E-state index is 13.0. The number of nitrogens with zero attached hydrogens (tertiary/aromatic N) is 5. The van der Waals surface area contributed by atoms with Crippen molar-refractivity contribution >= 4 is 45.2 Å². The Balaban J connectivity index is 1.85. The van der Waals surface area contributed by atoms with Crippen LogP contribution in [0.1, 0.15) is 12.6 Å². The smallest absolute Gasteiger partial charge is 0.325 e. The van der Waals surface area contributed by atoms with Crippen LogP contribution in [0.4, 0.5) is 18.9 Å². The summed E-state index contributed by atoms with van der Waals surface area (Å²) in [7, 11) is 0.207. The van der Waals surface area contributed by atoms with Crippen LogP contribution in [-0.4, -0.2) is 53.4 Å². The van der Waals surface area contributed by atoms with Gasteiger partial charge in [-0.3, -0.25) is 9.00 Å². The lowest BCUT2D eigenvalue weighted by molar-refractivity contribution is -0.141. The van der Waals surface area contributed by atoms with E-state index in [9.17, 15) is 22.2 Å². The van der Waals surface area contributed by atoms with E-state index in [2.05, 4.69) is 15.0 Å². The predicted octanol–water partition coefficient (Wildman–Crippen LogP) is 3.26. The molecule has 3 aromatic heterocycles. The van der Waals surface area contributed by atoms with Crippen LogP contribution < -0.4 is 4.90 Å². The maximum Gasteiger partial charge on any atom is 0.433 e. The molecular weight excluding hydrogens is 451 g/mol. The molecule has 164 valence electrons. The first-order valence-corrected chi connectivity index (χ1v) is 11.8. The zero-order valence-corrected chi connectivity index (χ0v) is 18.3. The summed E-state index contributed by atoms with van der Waals surface area (Å²) in [6, 6.07) is 2.54. The molecule has 0 bridgehead atoms. The van der Waals surface area contributed by atoms with Crippen LogP contribution in [0.25, 0.3) is 22.6 Å². The minimum Gasteiger partial charge on any atom is -0.325 e. The number of thioether (sulfide) groups is 1. The Morgan fingerprint density at radius 3 is 2.68 bits per heavy atom. The number of hydrogen-bond acceptors (Lipinski definition) is 6. The van der Waals surface area contributed by atoms with Gasteiger partial charge in [-0.2, -0.15) is 24.9 Å². The Morgan fingerprint density at radius 1 is 1.23 bits per heavy atom. The van der Waals surface area contributed by atoms with Crippen molar-refractivity contribution in [2.45, 2.75) is 18.0 Å². The minimum absolute atomic E-state index is 0.0486. The predicted molar refractivity (Wildman–Crippen MR) is 113 cm³/mol. The van der Waals surface area contributed by atoms with Gasteiger partial charge in [0.15, 0.2) is 5.82 Å². The summed E-state index contributed by atoms with van der Waals surface area (Å²) in [5.41, 5.74) is 0.319. The molecule has 0 N–H and O–H groups in total.